The van der Waals surface area contributed by atoms with Crippen LogP contribution in [-0.2, 0) is 26.9 Å². The molecule has 2 aromatic heterocycles. The van der Waals surface area contributed by atoms with Gasteiger partial charge in [0.25, 0.3) is 0 Å². The van der Waals surface area contributed by atoms with E-state index in [0.29, 0.717) is 6.04 Å². The lowest BCUT2D eigenvalue weighted by Gasteiger charge is -2.17. The number of hydrogen-bond acceptors (Lipinski definition) is 3. The molecule has 0 saturated carbocycles. The summed E-state index contributed by atoms with van der Waals surface area (Å²) in [6.07, 6.45) is 5.16. The van der Waals surface area contributed by atoms with Crippen molar-refractivity contribution < 1.29 is 0 Å². The SMILES string of the molecule is CCNC(CCc1c(C)nn(C)c1C)Cc1ccn(C)n1. The van der Waals surface area contributed by atoms with Crippen LogP contribution in [-0.4, -0.2) is 32.1 Å². The number of aryl methyl sites for hydroxylation is 3. The topological polar surface area (TPSA) is 47.7 Å². The standard InChI is InChI=1S/C16H27N5/c1-6-17-14(11-15-9-10-20(4)19-15)7-8-16-12(2)18-21(5)13(16)3/h9-10,14,17H,6-8,11H2,1-5H3. The number of hydrogen-bond donors (Lipinski definition) is 1. The summed E-state index contributed by atoms with van der Waals surface area (Å²) in [6, 6.07) is 2.56. The van der Waals surface area contributed by atoms with Gasteiger partial charge in [-0.3, -0.25) is 9.36 Å². The zero-order valence-corrected chi connectivity index (χ0v) is 13.8. The summed E-state index contributed by atoms with van der Waals surface area (Å²) in [5.74, 6) is 0. The largest absolute Gasteiger partial charge is 0.314 e. The van der Waals surface area contributed by atoms with Crippen LogP contribution >= 0.6 is 0 Å². The fourth-order valence-corrected chi connectivity index (χ4v) is 2.89. The van der Waals surface area contributed by atoms with Gasteiger partial charge in [0.1, 0.15) is 0 Å². The summed E-state index contributed by atoms with van der Waals surface area (Å²) in [5, 5.41) is 12.6. The molecule has 2 aromatic rings. The van der Waals surface area contributed by atoms with Crippen LogP contribution in [0.4, 0.5) is 0 Å². The first-order valence-electron chi connectivity index (χ1n) is 7.72. The molecule has 21 heavy (non-hydrogen) atoms. The Bertz CT molecular complexity index is 582. The number of rotatable bonds is 7. The van der Waals surface area contributed by atoms with Crippen molar-refractivity contribution in [3.8, 4) is 0 Å². The van der Waals surface area contributed by atoms with Crippen LogP contribution in [0.15, 0.2) is 12.3 Å². The fourth-order valence-electron chi connectivity index (χ4n) is 2.89. The molecule has 5 heteroatoms. The molecular formula is C16H27N5. The van der Waals surface area contributed by atoms with Gasteiger partial charge in [-0.2, -0.15) is 10.2 Å². The lowest BCUT2D eigenvalue weighted by Crippen LogP contribution is -2.31. The summed E-state index contributed by atoms with van der Waals surface area (Å²) in [5.41, 5.74) is 4.98. The van der Waals surface area contributed by atoms with E-state index in [1.807, 2.05) is 29.7 Å². The van der Waals surface area contributed by atoms with Crippen LogP contribution in [0.5, 0.6) is 0 Å². The van der Waals surface area contributed by atoms with Gasteiger partial charge in [-0.15, -0.1) is 0 Å². The highest BCUT2D eigenvalue weighted by Crippen LogP contribution is 2.16. The predicted octanol–water partition coefficient (Wildman–Crippen LogP) is 1.92. The van der Waals surface area contributed by atoms with E-state index in [2.05, 4.69) is 42.4 Å². The van der Waals surface area contributed by atoms with Gasteiger partial charge in [0.05, 0.1) is 11.4 Å². The maximum atomic E-state index is 4.50. The minimum absolute atomic E-state index is 0.462. The summed E-state index contributed by atoms with van der Waals surface area (Å²) in [7, 11) is 3.98. The monoisotopic (exact) mass is 289 g/mol. The van der Waals surface area contributed by atoms with Crippen molar-refractivity contribution in [3.63, 3.8) is 0 Å². The molecule has 0 radical (unpaired) electrons. The smallest absolute Gasteiger partial charge is 0.0640 e. The van der Waals surface area contributed by atoms with Crippen molar-refractivity contribution in [1.29, 1.82) is 0 Å². The van der Waals surface area contributed by atoms with Gasteiger partial charge in [-0.05, 0) is 44.9 Å². The van der Waals surface area contributed by atoms with Crippen LogP contribution in [0.2, 0.25) is 0 Å². The molecule has 2 heterocycles. The van der Waals surface area contributed by atoms with Crippen LogP contribution in [0, 0.1) is 13.8 Å². The third-order valence-electron chi connectivity index (χ3n) is 4.12. The molecule has 0 bridgehead atoms. The second-order valence-electron chi connectivity index (χ2n) is 5.75. The molecule has 0 aliphatic heterocycles. The highest BCUT2D eigenvalue weighted by molar-refractivity contribution is 5.24. The third kappa shape index (κ3) is 3.94. The van der Waals surface area contributed by atoms with Gasteiger partial charge >= 0.3 is 0 Å². The minimum atomic E-state index is 0.462. The van der Waals surface area contributed by atoms with E-state index < -0.39 is 0 Å². The zero-order valence-electron chi connectivity index (χ0n) is 13.8. The van der Waals surface area contributed by atoms with Gasteiger partial charge in [0, 0.05) is 38.4 Å². The Labute approximate surface area is 127 Å². The Kier molecular flexibility index (Phi) is 5.17. The molecule has 116 valence electrons. The Hall–Kier alpha value is -1.62. The first kappa shape index (κ1) is 15.8. The van der Waals surface area contributed by atoms with Gasteiger partial charge in [0.2, 0.25) is 0 Å². The molecule has 1 unspecified atom stereocenters. The van der Waals surface area contributed by atoms with Crippen molar-refractivity contribution in [2.24, 2.45) is 14.1 Å². The summed E-state index contributed by atoms with van der Waals surface area (Å²) in [6.45, 7) is 7.40. The van der Waals surface area contributed by atoms with Gasteiger partial charge < -0.3 is 5.32 Å². The first-order chi connectivity index (χ1) is 10.0. The molecule has 1 N–H and O–H groups in total. The Morgan fingerprint density at radius 1 is 1.24 bits per heavy atom. The molecule has 0 aliphatic rings. The second-order valence-corrected chi connectivity index (χ2v) is 5.75. The van der Waals surface area contributed by atoms with Gasteiger partial charge in [-0.25, -0.2) is 0 Å². The first-order valence-corrected chi connectivity index (χ1v) is 7.72. The van der Waals surface area contributed by atoms with E-state index in [9.17, 15) is 0 Å². The van der Waals surface area contributed by atoms with E-state index in [4.69, 9.17) is 0 Å². The molecule has 2 rings (SSSR count). The molecular weight excluding hydrogens is 262 g/mol. The molecule has 5 nitrogen and oxygen atoms in total. The van der Waals surface area contributed by atoms with Crippen molar-refractivity contribution in [3.05, 3.63) is 34.9 Å². The molecule has 0 aromatic carbocycles. The van der Waals surface area contributed by atoms with Gasteiger partial charge in [-0.1, -0.05) is 6.92 Å². The molecule has 0 fully saturated rings. The fraction of sp³-hybridized carbons (Fsp3) is 0.625. The second kappa shape index (κ2) is 6.89. The van der Waals surface area contributed by atoms with Crippen LogP contribution in [0.3, 0.4) is 0 Å². The van der Waals surface area contributed by atoms with Gasteiger partial charge in [0.15, 0.2) is 0 Å². The number of likely N-dealkylation sites (N-methyl/N-ethyl adjacent to an activating group) is 1. The lowest BCUT2D eigenvalue weighted by atomic mass is 10.0. The zero-order chi connectivity index (χ0) is 15.4. The quantitative estimate of drug-likeness (QED) is 0.847. The van der Waals surface area contributed by atoms with Crippen molar-refractivity contribution in [2.45, 2.75) is 46.1 Å². The van der Waals surface area contributed by atoms with Crippen LogP contribution in [0.1, 0.15) is 36.0 Å². The normalized spacial score (nSPS) is 12.8. The van der Waals surface area contributed by atoms with E-state index in [-0.39, 0.29) is 0 Å². The average molecular weight is 289 g/mol. The molecule has 1 atom stereocenters. The van der Waals surface area contributed by atoms with E-state index >= 15 is 0 Å². The molecule has 0 aliphatic carbocycles. The van der Waals surface area contributed by atoms with Crippen LogP contribution < -0.4 is 5.32 Å². The third-order valence-corrected chi connectivity index (χ3v) is 4.12. The lowest BCUT2D eigenvalue weighted by molar-refractivity contribution is 0.483. The predicted molar refractivity (Wildman–Crippen MR) is 85.4 cm³/mol. The molecule has 0 spiro atoms. The van der Waals surface area contributed by atoms with Crippen LogP contribution in [0.25, 0.3) is 0 Å². The minimum Gasteiger partial charge on any atom is -0.314 e. The molecule has 0 saturated heterocycles. The summed E-state index contributed by atoms with van der Waals surface area (Å²) < 4.78 is 3.85. The average Bonchev–Trinajstić information content (AvgIpc) is 2.93. The maximum Gasteiger partial charge on any atom is 0.0640 e. The Balaban J connectivity index is 1.99. The highest BCUT2D eigenvalue weighted by atomic mass is 15.3. The summed E-state index contributed by atoms with van der Waals surface area (Å²) >= 11 is 0. The van der Waals surface area contributed by atoms with Crippen molar-refractivity contribution >= 4 is 0 Å². The maximum absolute atomic E-state index is 4.50. The Morgan fingerprint density at radius 3 is 2.52 bits per heavy atom. The van der Waals surface area contributed by atoms with Crippen molar-refractivity contribution in [2.75, 3.05) is 6.54 Å². The van der Waals surface area contributed by atoms with E-state index in [1.165, 1.54) is 11.3 Å². The summed E-state index contributed by atoms with van der Waals surface area (Å²) in [4.78, 5) is 0. The van der Waals surface area contributed by atoms with Crippen molar-refractivity contribution in [1.82, 2.24) is 24.9 Å². The van der Waals surface area contributed by atoms with E-state index in [1.54, 1.807) is 0 Å². The highest BCUT2D eigenvalue weighted by Gasteiger charge is 2.14. The molecule has 0 amide bonds. The number of nitrogens with zero attached hydrogens (tertiary/aromatic N) is 4. The Morgan fingerprint density at radius 2 is 2.00 bits per heavy atom. The van der Waals surface area contributed by atoms with E-state index in [0.717, 1.165) is 37.2 Å². The number of nitrogens with one attached hydrogen (secondary N) is 1. The number of aromatic nitrogens is 4.